The van der Waals surface area contributed by atoms with E-state index >= 15 is 0 Å². The number of nitrogens with one attached hydrogen (secondary N) is 1. The molecule has 4 nitrogen and oxygen atoms in total. The molecule has 1 aliphatic heterocycles. The molecule has 0 spiro atoms. The molecule has 0 bridgehead atoms. The third-order valence-electron chi connectivity index (χ3n) is 3.74. The van der Waals surface area contributed by atoms with Gasteiger partial charge >= 0.3 is 0 Å². The SMILES string of the molecule is CC(C)CNCc1ccc(N2CCOCC2C)c(C#N)c1. The molecule has 1 N–H and O–H groups in total. The van der Waals surface area contributed by atoms with Crippen molar-refractivity contribution in [2.45, 2.75) is 33.4 Å². The van der Waals surface area contributed by atoms with Gasteiger partial charge in [0, 0.05) is 19.1 Å². The van der Waals surface area contributed by atoms with Crippen molar-refractivity contribution in [2.75, 3.05) is 31.2 Å². The van der Waals surface area contributed by atoms with Crippen molar-refractivity contribution in [3.8, 4) is 6.07 Å². The zero-order chi connectivity index (χ0) is 15.2. The number of hydrogen-bond acceptors (Lipinski definition) is 4. The Kier molecular flexibility index (Phi) is 5.60. The molecule has 21 heavy (non-hydrogen) atoms. The Labute approximate surface area is 127 Å². The molecule has 1 fully saturated rings. The van der Waals surface area contributed by atoms with E-state index in [4.69, 9.17) is 4.74 Å². The van der Waals surface area contributed by atoms with Gasteiger partial charge in [0.25, 0.3) is 0 Å². The maximum absolute atomic E-state index is 9.45. The summed E-state index contributed by atoms with van der Waals surface area (Å²) in [6.45, 7) is 10.6. The highest BCUT2D eigenvalue weighted by Crippen LogP contribution is 2.25. The number of anilines is 1. The number of rotatable bonds is 5. The van der Waals surface area contributed by atoms with Crippen molar-refractivity contribution in [3.63, 3.8) is 0 Å². The molecule has 4 heteroatoms. The molecular weight excluding hydrogens is 262 g/mol. The monoisotopic (exact) mass is 287 g/mol. The molecule has 0 amide bonds. The summed E-state index contributed by atoms with van der Waals surface area (Å²) >= 11 is 0. The maximum Gasteiger partial charge on any atom is 0.101 e. The fourth-order valence-corrected chi connectivity index (χ4v) is 2.62. The first-order valence-corrected chi connectivity index (χ1v) is 7.70. The Bertz CT molecular complexity index is 507. The minimum absolute atomic E-state index is 0.316. The minimum atomic E-state index is 0.316. The zero-order valence-electron chi connectivity index (χ0n) is 13.2. The maximum atomic E-state index is 9.45. The van der Waals surface area contributed by atoms with Crippen LogP contribution in [0.4, 0.5) is 5.69 Å². The normalized spacial score (nSPS) is 18.8. The van der Waals surface area contributed by atoms with E-state index in [1.807, 2.05) is 6.07 Å². The van der Waals surface area contributed by atoms with Crippen molar-refractivity contribution in [2.24, 2.45) is 5.92 Å². The van der Waals surface area contributed by atoms with Crippen LogP contribution in [0.25, 0.3) is 0 Å². The zero-order valence-corrected chi connectivity index (χ0v) is 13.2. The van der Waals surface area contributed by atoms with Gasteiger partial charge in [-0.2, -0.15) is 5.26 Å². The lowest BCUT2D eigenvalue weighted by Gasteiger charge is -2.35. The van der Waals surface area contributed by atoms with Crippen LogP contribution >= 0.6 is 0 Å². The predicted octanol–water partition coefficient (Wildman–Crippen LogP) is 2.53. The molecule has 1 heterocycles. The van der Waals surface area contributed by atoms with E-state index < -0.39 is 0 Å². The number of ether oxygens (including phenoxy) is 1. The number of morpholine rings is 1. The van der Waals surface area contributed by atoms with Gasteiger partial charge in [0.1, 0.15) is 6.07 Å². The molecule has 2 rings (SSSR count). The first-order chi connectivity index (χ1) is 10.1. The van der Waals surface area contributed by atoms with Gasteiger partial charge in [-0.3, -0.25) is 0 Å². The van der Waals surface area contributed by atoms with Crippen LogP contribution in [0.1, 0.15) is 31.9 Å². The molecule has 1 aromatic rings. The predicted molar refractivity (Wildman–Crippen MR) is 85.3 cm³/mol. The summed E-state index contributed by atoms with van der Waals surface area (Å²) in [5, 5.41) is 12.9. The number of nitrogens with zero attached hydrogens (tertiary/aromatic N) is 2. The van der Waals surface area contributed by atoms with Crippen LogP contribution in [-0.2, 0) is 11.3 Å². The Morgan fingerprint density at radius 3 is 2.95 bits per heavy atom. The fourth-order valence-electron chi connectivity index (χ4n) is 2.62. The van der Waals surface area contributed by atoms with E-state index in [1.165, 1.54) is 0 Å². The van der Waals surface area contributed by atoms with Gasteiger partial charge in [-0.05, 0) is 37.1 Å². The van der Waals surface area contributed by atoms with Crippen LogP contribution in [0.15, 0.2) is 18.2 Å². The Morgan fingerprint density at radius 2 is 2.29 bits per heavy atom. The van der Waals surface area contributed by atoms with E-state index in [0.29, 0.717) is 12.0 Å². The summed E-state index contributed by atoms with van der Waals surface area (Å²) in [4.78, 5) is 2.27. The van der Waals surface area contributed by atoms with Gasteiger partial charge in [0.15, 0.2) is 0 Å². The highest BCUT2D eigenvalue weighted by molar-refractivity contribution is 5.61. The van der Waals surface area contributed by atoms with Crippen LogP contribution in [0.2, 0.25) is 0 Å². The quantitative estimate of drug-likeness (QED) is 0.904. The highest BCUT2D eigenvalue weighted by Gasteiger charge is 2.21. The Balaban J connectivity index is 2.11. The van der Waals surface area contributed by atoms with Crippen molar-refractivity contribution in [1.29, 1.82) is 5.26 Å². The largest absolute Gasteiger partial charge is 0.377 e. The molecule has 114 valence electrons. The van der Waals surface area contributed by atoms with E-state index in [2.05, 4.69) is 49.2 Å². The van der Waals surface area contributed by atoms with E-state index in [0.717, 1.165) is 49.7 Å². The van der Waals surface area contributed by atoms with Crippen molar-refractivity contribution in [1.82, 2.24) is 5.32 Å². The Hall–Kier alpha value is -1.57. The summed E-state index contributed by atoms with van der Waals surface area (Å²) in [7, 11) is 0. The molecule has 0 radical (unpaired) electrons. The Morgan fingerprint density at radius 1 is 1.48 bits per heavy atom. The molecule has 0 aliphatic carbocycles. The lowest BCUT2D eigenvalue weighted by molar-refractivity contribution is 0.0989. The van der Waals surface area contributed by atoms with Gasteiger partial charge in [0.2, 0.25) is 0 Å². The lowest BCUT2D eigenvalue weighted by atomic mass is 10.1. The summed E-state index contributed by atoms with van der Waals surface area (Å²) in [5.74, 6) is 0.633. The molecule has 1 unspecified atom stereocenters. The lowest BCUT2D eigenvalue weighted by Crippen LogP contribution is -2.44. The first-order valence-electron chi connectivity index (χ1n) is 7.70. The second kappa shape index (κ2) is 7.44. The summed E-state index contributed by atoms with van der Waals surface area (Å²) in [5.41, 5.74) is 2.95. The molecule has 1 saturated heterocycles. The fraction of sp³-hybridized carbons (Fsp3) is 0.588. The van der Waals surface area contributed by atoms with E-state index in [-0.39, 0.29) is 0 Å². The average Bonchev–Trinajstić information content (AvgIpc) is 2.47. The number of benzene rings is 1. The van der Waals surface area contributed by atoms with Gasteiger partial charge in [-0.15, -0.1) is 0 Å². The molecule has 0 aromatic heterocycles. The molecule has 0 saturated carbocycles. The summed E-state index contributed by atoms with van der Waals surface area (Å²) < 4.78 is 5.47. The van der Waals surface area contributed by atoms with Crippen LogP contribution in [0, 0.1) is 17.2 Å². The first kappa shape index (κ1) is 15.8. The smallest absolute Gasteiger partial charge is 0.101 e. The molecule has 1 atom stereocenters. The summed E-state index contributed by atoms with van der Waals surface area (Å²) in [6, 6.07) is 8.86. The topological polar surface area (TPSA) is 48.3 Å². The van der Waals surface area contributed by atoms with Gasteiger partial charge in [-0.25, -0.2) is 0 Å². The number of hydrogen-bond donors (Lipinski definition) is 1. The second-order valence-corrected chi connectivity index (χ2v) is 6.11. The van der Waals surface area contributed by atoms with Gasteiger partial charge in [0.05, 0.1) is 24.5 Å². The van der Waals surface area contributed by atoms with Crippen LogP contribution in [-0.4, -0.2) is 32.3 Å². The van der Waals surface area contributed by atoms with E-state index in [9.17, 15) is 5.26 Å². The van der Waals surface area contributed by atoms with Gasteiger partial charge in [-0.1, -0.05) is 19.9 Å². The minimum Gasteiger partial charge on any atom is -0.377 e. The molecule has 1 aliphatic rings. The number of nitriles is 1. The standard InChI is InChI=1S/C17H25N3O/c1-13(2)10-19-11-15-4-5-17(16(8-15)9-18)20-6-7-21-12-14(20)3/h4-5,8,13-14,19H,6-7,10-12H2,1-3H3. The molecule has 1 aromatic carbocycles. The van der Waals surface area contributed by atoms with Gasteiger partial charge < -0.3 is 15.0 Å². The summed E-state index contributed by atoms with van der Waals surface area (Å²) in [6.07, 6.45) is 0. The highest BCUT2D eigenvalue weighted by atomic mass is 16.5. The average molecular weight is 287 g/mol. The van der Waals surface area contributed by atoms with Crippen LogP contribution in [0.3, 0.4) is 0 Å². The second-order valence-electron chi connectivity index (χ2n) is 6.11. The third kappa shape index (κ3) is 4.20. The third-order valence-corrected chi connectivity index (χ3v) is 3.74. The van der Waals surface area contributed by atoms with Crippen LogP contribution in [0.5, 0.6) is 0 Å². The van der Waals surface area contributed by atoms with Crippen LogP contribution < -0.4 is 10.2 Å². The van der Waals surface area contributed by atoms with Crippen molar-refractivity contribution < 1.29 is 4.74 Å². The van der Waals surface area contributed by atoms with Crippen molar-refractivity contribution >= 4 is 5.69 Å². The van der Waals surface area contributed by atoms with Crippen molar-refractivity contribution in [3.05, 3.63) is 29.3 Å². The van der Waals surface area contributed by atoms with E-state index in [1.54, 1.807) is 0 Å². The molecular formula is C17H25N3O.